The maximum atomic E-state index is 2.52. The van der Waals surface area contributed by atoms with E-state index in [9.17, 15) is 0 Å². The molecule has 0 heterocycles. The predicted molar refractivity (Wildman–Crippen MR) is 68.8 cm³/mol. The molecule has 0 saturated heterocycles. The van der Waals surface area contributed by atoms with Crippen LogP contribution in [0, 0.1) is 0 Å². The molecule has 1 aliphatic carbocycles. The van der Waals surface area contributed by atoms with Crippen LogP contribution in [0.1, 0.15) is 6.42 Å². The van der Waals surface area contributed by atoms with Crippen molar-refractivity contribution in [2.24, 2.45) is 0 Å². The van der Waals surface area contributed by atoms with Gasteiger partial charge in [-0.2, -0.15) is 0 Å². The second-order valence-corrected chi connectivity index (χ2v) is 97.6. The van der Waals surface area contributed by atoms with Gasteiger partial charge in [0.2, 0.25) is 0 Å². The summed E-state index contributed by atoms with van der Waals surface area (Å²) in [4.78, 5) is 0. The summed E-state index contributed by atoms with van der Waals surface area (Å²) in [5.74, 6) is 0. The van der Waals surface area contributed by atoms with Crippen molar-refractivity contribution >= 4 is 0 Å². The Balaban J connectivity index is 3.94. The van der Waals surface area contributed by atoms with Gasteiger partial charge < -0.3 is 0 Å². The normalized spacial score (nSPS) is 32.6. The van der Waals surface area contributed by atoms with Gasteiger partial charge in [0.15, 0.2) is 0 Å². The maximum absolute atomic E-state index is 4.40. The fourth-order valence-electron chi connectivity index (χ4n) is 1.93. The Morgan fingerprint density at radius 2 is 1.29 bits per heavy atom. The summed E-state index contributed by atoms with van der Waals surface area (Å²) in [5, 5.41) is 0. The van der Waals surface area contributed by atoms with Crippen LogP contribution < -0.4 is 0 Å². The molecule has 0 spiro atoms. The number of rotatable bonds is 1. The molecule has 0 aromatic rings. The standard InChI is InChI=1S/C5H5.8CH3.Zr/c1-2-4-5-3-1;;;;;;;;;/h1-3H,4H2;8*1H3;. The Bertz CT molecular complexity index is 401. The molecule has 0 atom stereocenters. The van der Waals surface area contributed by atoms with E-state index in [1.54, 1.807) is 3.28 Å². The van der Waals surface area contributed by atoms with Gasteiger partial charge in [-0.1, -0.05) is 0 Å². The Morgan fingerprint density at radius 3 is 1.43 bits per heavy atom. The van der Waals surface area contributed by atoms with Gasteiger partial charge in [-0.05, 0) is 0 Å². The van der Waals surface area contributed by atoms with E-state index in [0.717, 1.165) is 6.42 Å². The van der Waals surface area contributed by atoms with E-state index in [1.807, 2.05) is 0 Å². The van der Waals surface area contributed by atoms with Crippen molar-refractivity contribution < 1.29 is 12.8 Å². The van der Waals surface area contributed by atoms with Crippen molar-refractivity contribution in [3.05, 3.63) is 21.5 Å². The average molecular weight is 277 g/mol. The summed E-state index contributed by atoms with van der Waals surface area (Å²) in [7, 11) is 0. The molecule has 0 saturated carbocycles. The molecule has 0 bridgehead atoms. The van der Waals surface area contributed by atoms with E-state index in [2.05, 4.69) is 55.3 Å². The molecule has 1 rings (SSSR count). The van der Waals surface area contributed by atoms with Crippen molar-refractivity contribution in [1.29, 1.82) is 0 Å². The molecule has 0 aromatic heterocycles. The van der Waals surface area contributed by atoms with Gasteiger partial charge in [0.25, 0.3) is 0 Å². The Labute approximate surface area is 77.5 Å². The van der Waals surface area contributed by atoms with Crippen molar-refractivity contribution in [3.8, 4) is 0 Å². The van der Waals surface area contributed by atoms with Crippen LogP contribution in [-0.4, -0.2) is 0 Å². The van der Waals surface area contributed by atoms with Gasteiger partial charge in [0.1, 0.15) is 0 Å². The molecule has 85 valence electrons. The summed E-state index contributed by atoms with van der Waals surface area (Å²) >= 11 is -4.40. The topological polar surface area (TPSA) is 0 Å². The molecule has 0 fully saturated rings. The first-order valence-corrected chi connectivity index (χ1v) is 26.9. The van der Waals surface area contributed by atoms with Crippen LogP contribution >= 0.6 is 0 Å². The zero-order chi connectivity index (χ0) is 11.7. The summed E-state index contributed by atoms with van der Waals surface area (Å²) in [6.45, 7) is 0. The first-order valence-electron chi connectivity index (χ1n) is 5.97. The molecule has 1 aliphatic rings. The first-order chi connectivity index (χ1) is 5.18. The van der Waals surface area contributed by atoms with Gasteiger partial charge in [-0.3, -0.25) is 0 Å². The Kier molecular flexibility index (Phi) is 0.965. The Morgan fingerprint density at radius 1 is 0.857 bits per heavy atom. The fraction of sp³-hybridized carbons (Fsp3) is 0.692. The first kappa shape index (κ1) is 12.4. The quantitative estimate of drug-likeness (QED) is 0.547. The van der Waals surface area contributed by atoms with Crippen molar-refractivity contribution in [2.45, 2.75) is 43.5 Å². The third kappa shape index (κ3) is 2.92. The molecule has 0 radical (unpaired) electrons. The molecule has 0 aromatic carbocycles. The summed E-state index contributed by atoms with van der Waals surface area (Å²) in [5.41, 5.74) is 0. The zero-order valence-electron chi connectivity index (χ0n) is 11.4. The third-order valence-corrected chi connectivity index (χ3v) is 16.9. The van der Waals surface area contributed by atoms with Gasteiger partial charge in [0, 0.05) is 0 Å². The molecule has 1 heteroatoms. The average Bonchev–Trinajstić information content (AvgIpc) is 1.95. The molecular formula is C13H29Zr. The second-order valence-electron chi connectivity index (χ2n) is 17.3. The molecule has 0 N–H and O–H groups in total. The van der Waals surface area contributed by atoms with E-state index >= 15 is 0 Å². The van der Waals surface area contributed by atoms with Crippen molar-refractivity contribution in [1.82, 2.24) is 0 Å². The molecular weight excluding hydrogens is 247 g/mol. The molecule has 0 amide bonds. The second kappa shape index (κ2) is 1.09. The SMILES string of the molecule is [CH3][Zr]([CH3])([CH3])([CH3])([CH3])([CH3])([CH3])([CH3])[C]1=CC=CC1. The van der Waals surface area contributed by atoms with E-state index in [1.165, 1.54) is 0 Å². The number of allylic oxidation sites excluding steroid dienone is 4. The van der Waals surface area contributed by atoms with Crippen LogP contribution in [0.2, 0.25) is 37.1 Å². The van der Waals surface area contributed by atoms with Gasteiger partial charge in [-0.25, -0.2) is 0 Å². The minimum absolute atomic E-state index is 1.12. The molecule has 14 heavy (non-hydrogen) atoms. The molecule has 0 nitrogen and oxygen atoms in total. The van der Waals surface area contributed by atoms with Gasteiger partial charge >= 0.3 is 77.8 Å². The third-order valence-electron chi connectivity index (χ3n) is 3.34. The van der Waals surface area contributed by atoms with Crippen LogP contribution in [-0.2, 0) is 12.8 Å². The van der Waals surface area contributed by atoms with E-state index < -0.39 is 12.8 Å². The van der Waals surface area contributed by atoms with Crippen LogP contribution in [0.15, 0.2) is 21.5 Å². The van der Waals surface area contributed by atoms with Crippen molar-refractivity contribution in [2.75, 3.05) is 0 Å². The zero-order valence-corrected chi connectivity index (χ0v) is 13.9. The van der Waals surface area contributed by atoms with Crippen LogP contribution in [0.3, 0.4) is 0 Å². The summed E-state index contributed by atoms with van der Waals surface area (Å²) in [6.07, 6.45) is 7.94. The number of hydrogen-bond donors (Lipinski definition) is 0. The van der Waals surface area contributed by atoms with Gasteiger partial charge in [0.05, 0.1) is 0 Å². The number of hydrogen-bond acceptors (Lipinski definition) is 0. The van der Waals surface area contributed by atoms with E-state index in [-0.39, 0.29) is 0 Å². The van der Waals surface area contributed by atoms with Crippen LogP contribution in [0.5, 0.6) is 0 Å². The predicted octanol–water partition coefficient (Wildman–Crippen LogP) is 6.05. The van der Waals surface area contributed by atoms with Crippen LogP contribution in [0.4, 0.5) is 0 Å². The van der Waals surface area contributed by atoms with E-state index in [4.69, 9.17) is 0 Å². The monoisotopic (exact) mass is 275 g/mol. The summed E-state index contributed by atoms with van der Waals surface area (Å²) in [6, 6.07) is 0. The molecule has 0 aliphatic heterocycles. The van der Waals surface area contributed by atoms with Crippen molar-refractivity contribution in [3.63, 3.8) is 0 Å². The fourth-order valence-corrected chi connectivity index (χ4v) is 9.75. The minimum atomic E-state index is -4.40. The van der Waals surface area contributed by atoms with Crippen LogP contribution in [0.25, 0.3) is 0 Å². The van der Waals surface area contributed by atoms with Gasteiger partial charge in [-0.15, -0.1) is 0 Å². The van der Waals surface area contributed by atoms with E-state index in [0.29, 0.717) is 0 Å². The summed E-state index contributed by atoms with van der Waals surface area (Å²) < 4.78 is 21.8. The Hall–Kier alpha value is 0.363. The molecule has 0 unspecified atom stereocenters.